The summed E-state index contributed by atoms with van der Waals surface area (Å²) < 4.78 is 43.7. The van der Waals surface area contributed by atoms with E-state index in [0.717, 1.165) is 6.07 Å². The highest BCUT2D eigenvalue weighted by Crippen LogP contribution is 2.38. The van der Waals surface area contributed by atoms with Crippen LogP contribution < -0.4 is 10.5 Å². The number of anilines is 1. The van der Waals surface area contributed by atoms with Crippen LogP contribution in [0.3, 0.4) is 0 Å². The van der Waals surface area contributed by atoms with Crippen LogP contribution in [0.1, 0.15) is 32.8 Å². The van der Waals surface area contributed by atoms with Crippen LogP contribution in [0.4, 0.5) is 18.9 Å². The van der Waals surface area contributed by atoms with Crippen molar-refractivity contribution < 1.29 is 17.9 Å². The van der Waals surface area contributed by atoms with Crippen molar-refractivity contribution in [3.63, 3.8) is 0 Å². The summed E-state index contributed by atoms with van der Waals surface area (Å²) in [5.41, 5.74) is 3.96. The lowest BCUT2D eigenvalue weighted by Gasteiger charge is -2.27. The van der Waals surface area contributed by atoms with Crippen LogP contribution in [0.5, 0.6) is 5.75 Å². The summed E-state index contributed by atoms with van der Waals surface area (Å²) in [5.74, 6) is -0.182. The lowest BCUT2D eigenvalue weighted by atomic mass is 10.1. The van der Waals surface area contributed by atoms with Crippen molar-refractivity contribution >= 4 is 5.69 Å². The first-order valence-electron chi connectivity index (χ1n) is 5.31. The van der Waals surface area contributed by atoms with E-state index in [2.05, 4.69) is 0 Å². The Hall–Kier alpha value is -1.39. The number of nitrogens with two attached hydrogens (primary N) is 1. The van der Waals surface area contributed by atoms with E-state index >= 15 is 0 Å². The van der Waals surface area contributed by atoms with Crippen molar-refractivity contribution in [1.82, 2.24) is 0 Å². The summed E-state index contributed by atoms with van der Waals surface area (Å²) in [7, 11) is 0. The predicted octanol–water partition coefficient (Wildman–Crippen LogP) is 3.86. The lowest BCUT2D eigenvalue weighted by molar-refractivity contribution is -0.139. The van der Waals surface area contributed by atoms with Gasteiger partial charge in [-0.1, -0.05) is 6.92 Å². The molecule has 2 nitrogen and oxygen atoms in total. The maximum atomic E-state index is 12.8. The molecule has 0 bridgehead atoms. The monoisotopic (exact) mass is 247 g/mol. The second-order valence-electron chi connectivity index (χ2n) is 4.47. The normalized spacial score (nSPS) is 12.6. The third-order valence-electron chi connectivity index (χ3n) is 2.55. The van der Waals surface area contributed by atoms with Crippen LogP contribution in [-0.2, 0) is 6.18 Å². The number of benzene rings is 1. The van der Waals surface area contributed by atoms with Crippen molar-refractivity contribution in [2.24, 2.45) is 0 Å². The summed E-state index contributed by atoms with van der Waals surface area (Å²) in [6, 6.07) is 3.55. The van der Waals surface area contributed by atoms with E-state index in [-0.39, 0.29) is 11.4 Å². The van der Waals surface area contributed by atoms with E-state index in [1.807, 2.05) is 6.92 Å². The molecule has 0 unspecified atom stereocenters. The number of alkyl halides is 3. The van der Waals surface area contributed by atoms with Crippen LogP contribution in [0.2, 0.25) is 0 Å². The lowest BCUT2D eigenvalue weighted by Crippen LogP contribution is -2.28. The zero-order chi connectivity index (χ0) is 13.3. The summed E-state index contributed by atoms with van der Waals surface area (Å²) in [6.45, 7) is 5.33. The van der Waals surface area contributed by atoms with Crippen LogP contribution in [0.15, 0.2) is 18.2 Å². The average Bonchev–Trinajstić information content (AvgIpc) is 2.19. The van der Waals surface area contributed by atoms with Crippen LogP contribution >= 0.6 is 0 Å². The van der Waals surface area contributed by atoms with Gasteiger partial charge in [0.15, 0.2) is 0 Å². The Kier molecular flexibility index (Phi) is 3.59. The highest BCUT2D eigenvalue weighted by Gasteiger charge is 2.35. The third kappa shape index (κ3) is 3.54. The van der Waals surface area contributed by atoms with Gasteiger partial charge < -0.3 is 10.5 Å². The van der Waals surface area contributed by atoms with Crippen molar-refractivity contribution in [2.45, 2.75) is 39.0 Å². The minimum absolute atomic E-state index is 0.0685. The molecule has 17 heavy (non-hydrogen) atoms. The Morgan fingerprint density at radius 3 is 2.29 bits per heavy atom. The molecule has 0 aliphatic carbocycles. The molecule has 0 aliphatic heterocycles. The molecule has 0 radical (unpaired) electrons. The van der Waals surface area contributed by atoms with E-state index in [9.17, 15) is 13.2 Å². The molecule has 0 amide bonds. The Morgan fingerprint density at radius 2 is 1.82 bits per heavy atom. The van der Waals surface area contributed by atoms with E-state index < -0.39 is 17.3 Å². The van der Waals surface area contributed by atoms with Gasteiger partial charge in [0.1, 0.15) is 11.4 Å². The Balaban J connectivity index is 3.16. The topological polar surface area (TPSA) is 35.2 Å². The number of rotatable bonds is 3. The highest BCUT2D eigenvalue weighted by molar-refractivity contribution is 5.49. The van der Waals surface area contributed by atoms with Crippen molar-refractivity contribution in [1.29, 1.82) is 0 Å². The van der Waals surface area contributed by atoms with Gasteiger partial charge in [-0.3, -0.25) is 0 Å². The Labute approximate surface area is 98.6 Å². The summed E-state index contributed by atoms with van der Waals surface area (Å²) in [5, 5.41) is 0. The zero-order valence-electron chi connectivity index (χ0n) is 10.1. The van der Waals surface area contributed by atoms with Crippen LogP contribution in [0.25, 0.3) is 0 Å². The van der Waals surface area contributed by atoms with E-state index in [1.165, 1.54) is 12.1 Å². The van der Waals surface area contributed by atoms with Gasteiger partial charge in [-0.25, -0.2) is 0 Å². The summed E-state index contributed by atoms with van der Waals surface area (Å²) in [4.78, 5) is 0. The third-order valence-corrected chi connectivity index (χ3v) is 2.55. The first-order chi connectivity index (χ1) is 7.65. The average molecular weight is 247 g/mol. The van der Waals surface area contributed by atoms with Crippen molar-refractivity contribution in [2.75, 3.05) is 5.73 Å². The smallest absolute Gasteiger partial charge is 0.420 e. The molecular weight excluding hydrogens is 231 g/mol. The molecule has 0 spiro atoms. The molecular formula is C12H16F3NO. The molecule has 0 heterocycles. The van der Waals surface area contributed by atoms with Crippen LogP contribution in [0, 0.1) is 0 Å². The minimum Gasteiger partial charge on any atom is -0.487 e. The Morgan fingerprint density at radius 1 is 1.24 bits per heavy atom. The van der Waals surface area contributed by atoms with Gasteiger partial charge >= 0.3 is 6.18 Å². The van der Waals surface area contributed by atoms with Gasteiger partial charge in [-0.05, 0) is 38.5 Å². The van der Waals surface area contributed by atoms with Crippen molar-refractivity contribution in [3.05, 3.63) is 23.8 Å². The fourth-order valence-electron chi connectivity index (χ4n) is 1.23. The van der Waals surface area contributed by atoms with E-state index in [0.29, 0.717) is 6.42 Å². The predicted molar refractivity (Wildman–Crippen MR) is 60.9 cm³/mol. The molecule has 0 aliphatic rings. The number of hydrogen-bond donors (Lipinski definition) is 1. The maximum absolute atomic E-state index is 12.8. The largest absolute Gasteiger partial charge is 0.487 e. The fraction of sp³-hybridized carbons (Fsp3) is 0.500. The fourth-order valence-corrected chi connectivity index (χ4v) is 1.23. The second-order valence-corrected chi connectivity index (χ2v) is 4.47. The number of ether oxygens (including phenoxy) is 1. The first kappa shape index (κ1) is 13.7. The molecule has 0 aromatic heterocycles. The zero-order valence-corrected chi connectivity index (χ0v) is 10.1. The second kappa shape index (κ2) is 4.47. The standard InChI is InChI=1S/C12H16F3NO/c1-4-11(2,3)17-10-6-5-8(16)7-9(10)12(13,14)15/h5-7H,4,16H2,1-3H3. The number of halogens is 3. The highest BCUT2D eigenvalue weighted by atomic mass is 19.4. The molecule has 2 N–H and O–H groups in total. The molecule has 0 atom stereocenters. The minimum atomic E-state index is -4.46. The molecule has 1 aromatic rings. The molecule has 0 saturated carbocycles. The van der Waals surface area contributed by atoms with Gasteiger partial charge in [0.2, 0.25) is 0 Å². The molecule has 1 aromatic carbocycles. The molecule has 5 heteroatoms. The number of nitrogen functional groups attached to an aromatic ring is 1. The van der Waals surface area contributed by atoms with Crippen LogP contribution in [-0.4, -0.2) is 5.60 Å². The Bertz CT molecular complexity index is 399. The summed E-state index contributed by atoms with van der Waals surface area (Å²) >= 11 is 0. The molecule has 96 valence electrons. The van der Waals surface area contributed by atoms with E-state index in [1.54, 1.807) is 13.8 Å². The van der Waals surface area contributed by atoms with Gasteiger partial charge in [0.25, 0.3) is 0 Å². The molecule has 0 fully saturated rings. The molecule has 1 rings (SSSR count). The SMILES string of the molecule is CCC(C)(C)Oc1ccc(N)cc1C(F)(F)F. The number of hydrogen-bond acceptors (Lipinski definition) is 2. The van der Waals surface area contributed by atoms with Gasteiger partial charge in [-0.2, -0.15) is 13.2 Å². The van der Waals surface area contributed by atoms with Crippen molar-refractivity contribution in [3.8, 4) is 5.75 Å². The van der Waals surface area contributed by atoms with E-state index in [4.69, 9.17) is 10.5 Å². The van der Waals surface area contributed by atoms with Gasteiger partial charge in [-0.15, -0.1) is 0 Å². The summed E-state index contributed by atoms with van der Waals surface area (Å²) in [6.07, 6.45) is -3.86. The first-order valence-corrected chi connectivity index (χ1v) is 5.31. The molecule has 0 saturated heterocycles. The van der Waals surface area contributed by atoms with Gasteiger partial charge in [0, 0.05) is 5.69 Å². The quantitative estimate of drug-likeness (QED) is 0.823. The van der Waals surface area contributed by atoms with Gasteiger partial charge in [0.05, 0.1) is 5.56 Å². The maximum Gasteiger partial charge on any atom is 0.420 e.